The molecular formula is C20H24FN7O. The van der Waals surface area contributed by atoms with E-state index in [2.05, 4.69) is 34.8 Å². The van der Waals surface area contributed by atoms with Gasteiger partial charge in [0.2, 0.25) is 5.95 Å². The minimum atomic E-state index is -0.247. The highest BCUT2D eigenvalue weighted by Gasteiger charge is 2.29. The van der Waals surface area contributed by atoms with Gasteiger partial charge in [0.1, 0.15) is 35.6 Å². The highest BCUT2D eigenvalue weighted by Crippen LogP contribution is 2.33. The molecule has 8 nitrogen and oxygen atoms in total. The van der Waals surface area contributed by atoms with Crippen LogP contribution in [0.2, 0.25) is 0 Å². The third kappa shape index (κ3) is 4.23. The Morgan fingerprint density at radius 1 is 1.07 bits per heavy atom. The minimum Gasteiger partial charge on any atom is -0.490 e. The summed E-state index contributed by atoms with van der Waals surface area (Å²) in [6, 6.07) is 6.23. The second-order valence-corrected chi connectivity index (χ2v) is 7.84. The van der Waals surface area contributed by atoms with E-state index >= 15 is 0 Å². The van der Waals surface area contributed by atoms with E-state index < -0.39 is 0 Å². The molecule has 3 aromatic rings. The monoisotopic (exact) mass is 397 g/mol. The molecule has 0 atom stereocenters. The summed E-state index contributed by atoms with van der Waals surface area (Å²) in [7, 11) is 0. The Kier molecular flexibility index (Phi) is 4.87. The molecule has 152 valence electrons. The highest BCUT2D eigenvalue weighted by molar-refractivity contribution is 5.33. The molecule has 1 N–H and O–H groups in total. The zero-order valence-electron chi connectivity index (χ0n) is 16.2. The number of nitrogens with one attached hydrogen (secondary N) is 1. The highest BCUT2D eigenvalue weighted by atomic mass is 19.1. The summed E-state index contributed by atoms with van der Waals surface area (Å²) >= 11 is 0. The Bertz CT molecular complexity index is 928. The smallest absolute Gasteiger partial charge is 0.227 e. The van der Waals surface area contributed by atoms with Gasteiger partial charge in [0.05, 0.1) is 6.42 Å². The van der Waals surface area contributed by atoms with E-state index in [1.165, 1.54) is 31.3 Å². The fourth-order valence-corrected chi connectivity index (χ4v) is 3.78. The van der Waals surface area contributed by atoms with E-state index in [1.807, 2.05) is 0 Å². The maximum Gasteiger partial charge on any atom is 0.227 e. The Hall–Kier alpha value is -2.97. The van der Waals surface area contributed by atoms with Gasteiger partial charge in [0.15, 0.2) is 0 Å². The van der Waals surface area contributed by atoms with Crippen molar-refractivity contribution in [3.63, 3.8) is 0 Å². The molecule has 2 aliphatic rings. The number of aromatic amines is 1. The van der Waals surface area contributed by atoms with Crippen LogP contribution in [0.5, 0.6) is 5.75 Å². The van der Waals surface area contributed by atoms with E-state index in [-0.39, 0.29) is 11.9 Å². The van der Waals surface area contributed by atoms with Gasteiger partial charge in [-0.2, -0.15) is 5.10 Å². The molecule has 1 aliphatic heterocycles. The molecule has 1 saturated heterocycles. The summed E-state index contributed by atoms with van der Waals surface area (Å²) in [5.74, 6) is 3.85. The molecule has 0 radical (unpaired) electrons. The van der Waals surface area contributed by atoms with Crippen LogP contribution >= 0.6 is 0 Å². The van der Waals surface area contributed by atoms with Crippen molar-refractivity contribution in [2.75, 3.05) is 18.0 Å². The minimum absolute atomic E-state index is 0.130. The number of rotatable bonds is 7. The molecule has 1 aliphatic carbocycles. The van der Waals surface area contributed by atoms with E-state index in [4.69, 9.17) is 4.74 Å². The van der Waals surface area contributed by atoms with Gasteiger partial charge >= 0.3 is 0 Å². The number of anilines is 1. The van der Waals surface area contributed by atoms with Crippen LogP contribution in [-0.2, 0) is 13.0 Å². The first-order chi connectivity index (χ1) is 14.2. The Morgan fingerprint density at radius 2 is 1.86 bits per heavy atom. The molecule has 2 aromatic heterocycles. The fourth-order valence-electron chi connectivity index (χ4n) is 3.78. The summed E-state index contributed by atoms with van der Waals surface area (Å²) in [5.41, 5.74) is 0. The van der Waals surface area contributed by atoms with Crippen molar-refractivity contribution in [1.82, 2.24) is 29.9 Å². The largest absolute Gasteiger partial charge is 0.490 e. The number of ether oxygens (including phenoxy) is 1. The zero-order valence-corrected chi connectivity index (χ0v) is 16.2. The van der Waals surface area contributed by atoms with Crippen LogP contribution < -0.4 is 9.64 Å². The molecule has 5 rings (SSSR count). The first kappa shape index (κ1) is 18.1. The lowest BCUT2D eigenvalue weighted by atomic mass is 10.1. The molecular weight excluding hydrogens is 373 g/mol. The molecule has 9 heteroatoms. The van der Waals surface area contributed by atoms with E-state index in [0.29, 0.717) is 6.42 Å². The van der Waals surface area contributed by atoms with Gasteiger partial charge in [-0.05, 0) is 43.0 Å². The summed E-state index contributed by atoms with van der Waals surface area (Å²) in [6.07, 6.45) is 6.58. The van der Waals surface area contributed by atoms with E-state index in [9.17, 15) is 4.39 Å². The first-order valence-corrected chi connectivity index (χ1v) is 10.2. The number of hydrogen-bond acceptors (Lipinski definition) is 6. The molecule has 0 bridgehead atoms. The lowest BCUT2D eigenvalue weighted by molar-refractivity contribution is 0.170. The lowest BCUT2D eigenvalue weighted by Gasteiger charge is -2.33. The van der Waals surface area contributed by atoms with Gasteiger partial charge in [0, 0.05) is 32.5 Å². The third-order valence-corrected chi connectivity index (χ3v) is 5.58. The molecule has 1 aromatic carbocycles. The normalized spacial score (nSPS) is 17.6. The van der Waals surface area contributed by atoms with Gasteiger partial charge in [-0.3, -0.25) is 9.67 Å². The van der Waals surface area contributed by atoms with Gasteiger partial charge in [0.25, 0.3) is 0 Å². The van der Waals surface area contributed by atoms with Gasteiger partial charge < -0.3 is 9.64 Å². The van der Waals surface area contributed by atoms with Crippen LogP contribution in [0.15, 0.2) is 30.6 Å². The van der Waals surface area contributed by atoms with Crippen molar-refractivity contribution in [3.8, 4) is 5.75 Å². The number of aromatic nitrogens is 6. The summed E-state index contributed by atoms with van der Waals surface area (Å²) in [5, 5.41) is 15.8. The molecule has 29 heavy (non-hydrogen) atoms. The number of hydrogen-bond donors (Lipinski definition) is 1. The first-order valence-electron chi connectivity index (χ1n) is 10.2. The second kappa shape index (κ2) is 7.81. The van der Waals surface area contributed by atoms with Gasteiger partial charge in [-0.15, -0.1) is 10.2 Å². The fraction of sp³-hybridized carbons (Fsp3) is 0.500. The number of nitrogens with zero attached hydrogens (tertiary/aromatic N) is 6. The molecule has 3 heterocycles. The second-order valence-electron chi connectivity index (χ2n) is 7.84. The predicted octanol–water partition coefficient (Wildman–Crippen LogP) is 2.58. The van der Waals surface area contributed by atoms with Crippen molar-refractivity contribution in [2.45, 2.75) is 44.8 Å². The molecule has 0 unspecified atom stereocenters. The molecule has 0 spiro atoms. The number of piperidine rings is 1. The van der Waals surface area contributed by atoms with Crippen molar-refractivity contribution >= 4 is 5.95 Å². The van der Waals surface area contributed by atoms with E-state index in [1.54, 1.807) is 12.1 Å². The SMILES string of the molecule is Fc1ccc(OC2CCN(c3nnc(Cc4ncn[nH]4)n3CC3CC3)CC2)cc1. The van der Waals surface area contributed by atoms with Crippen LogP contribution in [0.4, 0.5) is 10.3 Å². The Labute approximate surface area is 168 Å². The predicted molar refractivity (Wildman–Crippen MR) is 104 cm³/mol. The van der Waals surface area contributed by atoms with Crippen molar-refractivity contribution in [3.05, 3.63) is 48.1 Å². The summed E-state index contributed by atoms with van der Waals surface area (Å²) in [4.78, 5) is 6.52. The van der Waals surface area contributed by atoms with Crippen LogP contribution in [0.1, 0.15) is 37.3 Å². The van der Waals surface area contributed by atoms with Crippen molar-refractivity contribution in [2.24, 2.45) is 5.92 Å². The van der Waals surface area contributed by atoms with Crippen LogP contribution in [0, 0.1) is 11.7 Å². The molecule has 2 fully saturated rings. The summed E-state index contributed by atoms with van der Waals surface area (Å²) < 4.78 is 21.3. The topological polar surface area (TPSA) is 84.8 Å². The maximum absolute atomic E-state index is 13.1. The number of benzene rings is 1. The Balaban J connectivity index is 1.26. The quantitative estimate of drug-likeness (QED) is 0.660. The molecule has 1 saturated carbocycles. The maximum atomic E-state index is 13.1. The number of halogens is 1. The standard InChI is InChI=1S/C20H24FN7O/c21-15-3-5-16(6-4-15)29-17-7-9-27(10-8-17)20-26-25-19(11-18-22-13-23-24-18)28(20)12-14-1-2-14/h3-6,13-14,17H,1-2,7-12H2,(H,22,23,24). The van der Waals surface area contributed by atoms with Gasteiger partial charge in [-0.1, -0.05) is 0 Å². The average molecular weight is 397 g/mol. The van der Waals surface area contributed by atoms with Gasteiger partial charge in [-0.25, -0.2) is 9.37 Å². The van der Waals surface area contributed by atoms with Crippen LogP contribution in [0.25, 0.3) is 0 Å². The average Bonchev–Trinajstić information content (AvgIpc) is 3.25. The van der Waals surface area contributed by atoms with Crippen molar-refractivity contribution < 1.29 is 9.13 Å². The summed E-state index contributed by atoms with van der Waals surface area (Å²) in [6.45, 7) is 2.67. The van der Waals surface area contributed by atoms with Crippen LogP contribution in [0.3, 0.4) is 0 Å². The molecule has 0 amide bonds. The van der Waals surface area contributed by atoms with Crippen molar-refractivity contribution in [1.29, 1.82) is 0 Å². The van der Waals surface area contributed by atoms with E-state index in [0.717, 1.165) is 61.7 Å². The third-order valence-electron chi connectivity index (χ3n) is 5.58. The Morgan fingerprint density at radius 3 is 2.55 bits per heavy atom. The zero-order chi connectivity index (χ0) is 19.6. The number of H-pyrrole nitrogens is 1. The van der Waals surface area contributed by atoms with Crippen LogP contribution in [-0.4, -0.2) is 49.1 Å². The lowest BCUT2D eigenvalue weighted by Crippen LogP contribution is -2.39.